The van der Waals surface area contributed by atoms with Gasteiger partial charge in [-0.15, -0.1) is 41.9 Å². The van der Waals surface area contributed by atoms with Crippen molar-refractivity contribution in [3.63, 3.8) is 0 Å². The maximum Gasteiger partial charge on any atom is 0.191 e. The van der Waals surface area contributed by atoms with Gasteiger partial charge in [-0.2, -0.15) is 0 Å². The van der Waals surface area contributed by atoms with Crippen LogP contribution in [-0.4, -0.2) is 48.1 Å². The van der Waals surface area contributed by atoms with E-state index in [1.54, 1.807) is 11.3 Å². The van der Waals surface area contributed by atoms with Crippen molar-refractivity contribution in [1.82, 2.24) is 20.5 Å². The minimum atomic E-state index is 0. The Morgan fingerprint density at radius 3 is 2.76 bits per heavy atom. The van der Waals surface area contributed by atoms with Gasteiger partial charge in [0.25, 0.3) is 0 Å². The standard InChI is InChI=1S/C18H31N5S.HI/c1-5-9-23-10-7-15(8-11-23)22-18(19-6-2)20-12-16-13-24-17(21-16)14(3)4;/h5,13-15H,1,6-12H2,2-4H3,(H2,19,20,22);1H. The maximum atomic E-state index is 4.71. The van der Waals surface area contributed by atoms with Crippen LogP contribution in [0.2, 0.25) is 0 Å². The zero-order chi connectivity index (χ0) is 17.4. The van der Waals surface area contributed by atoms with Crippen molar-refractivity contribution < 1.29 is 0 Å². The van der Waals surface area contributed by atoms with Crippen molar-refractivity contribution in [1.29, 1.82) is 0 Å². The minimum absolute atomic E-state index is 0. The molecule has 5 nitrogen and oxygen atoms in total. The lowest BCUT2D eigenvalue weighted by Crippen LogP contribution is -2.48. The van der Waals surface area contributed by atoms with E-state index in [0.717, 1.165) is 50.7 Å². The number of hydrogen-bond donors (Lipinski definition) is 2. The Morgan fingerprint density at radius 2 is 2.20 bits per heavy atom. The number of aromatic nitrogens is 1. The fourth-order valence-electron chi connectivity index (χ4n) is 2.78. The molecule has 2 N–H and O–H groups in total. The van der Waals surface area contributed by atoms with E-state index in [2.05, 4.69) is 53.2 Å². The third kappa shape index (κ3) is 7.62. The molecular formula is C18H32IN5S. The molecule has 2 heterocycles. The van der Waals surface area contributed by atoms with Gasteiger partial charge in [0.2, 0.25) is 0 Å². The molecule has 142 valence electrons. The zero-order valence-corrected chi connectivity index (χ0v) is 18.8. The Bertz CT molecular complexity index is 535. The molecule has 0 spiro atoms. The summed E-state index contributed by atoms with van der Waals surface area (Å²) in [5.41, 5.74) is 1.06. The van der Waals surface area contributed by atoms with Gasteiger partial charge in [0.1, 0.15) is 0 Å². The van der Waals surface area contributed by atoms with Gasteiger partial charge in [0.15, 0.2) is 5.96 Å². The number of aliphatic imine (C=N–C) groups is 1. The van der Waals surface area contributed by atoms with Crippen molar-refractivity contribution in [2.75, 3.05) is 26.2 Å². The number of halogens is 1. The molecular weight excluding hydrogens is 445 g/mol. The van der Waals surface area contributed by atoms with Crippen LogP contribution in [0.1, 0.15) is 50.2 Å². The van der Waals surface area contributed by atoms with E-state index in [4.69, 9.17) is 4.99 Å². The second kappa shape index (κ2) is 11.9. The highest BCUT2D eigenvalue weighted by atomic mass is 127. The lowest BCUT2D eigenvalue weighted by molar-refractivity contribution is 0.225. The van der Waals surface area contributed by atoms with Gasteiger partial charge in [-0.1, -0.05) is 19.9 Å². The molecule has 1 fully saturated rings. The van der Waals surface area contributed by atoms with Crippen LogP contribution in [0.15, 0.2) is 23.0 Å². The van der Waals surface area contributed by atoms with E-state index < -0.39 is 0 Å². The lowest BCUT2D eigenvalue weighted by Gasteiger charge is -2.32. The van der Waals surface area contributed by atoms with Gasteiger partial charge in [-0.25, -0.2) is 9.98 Å². The Labute approximate surface area is 173 Å². The van der Waals surface area contributed by atoms with Crippen LogP contribution >= 0.6 is 35.3 Å². The SMILES string of the molecule is C=CCN1CCC(NC(=NCc2csc(C(C)C)n2)NCC)CC1.I. The van der Waals surface area contributed by atoms with Crippen LogP contribution in [0.25, 0.3) is 0 Å². The predicted molar refractivity (Wildman–Crippen MR) is 119 cm³/mol. The third-order valence-corrected chi connectivity index (χ3v) is 5.32. The molecule has 0 bridgehead atoms. The van der Waals surface area contributed by atoms with E-state index in [0.29, 0.717) is 18.5 Å². The average Bonchev–Trinajstić information content (AvgIpc) is 3.04. The molecule has 7 heteroatoms. The lowest BCUT2D eigenvalue weighted by atomic mass is 10.1. The molecule has 1 aromatic rings. The van der Waals surface area contributed by atoms with Crippen LogP contribution in [0, 0.1) is 0 Å². The van der Waals surface area contributed by atoms with Crippen molar-refractivity contribution in [2.24, 2.45) is 4.99 Å². The fourth-order valence-corrected chi connectivity index (χ4v) is 3.60. The summed E-state index contributed by atoms with van der Waals surface area (Å²) in [7, 11) is 0. The number of piperidine rings is 1. The molecule has 0 aromatic carbocycles. The van der Waals surface area contributed by atoms with Gasteiger partial charge < -0.3 is 10.6 Å². The molecule has 0 unspecified atom stereocenters. The molecule has 2 rings (SSSR count). The number of nitrogens with zero attached hydrogens (tertiary/aromatic N) is 3. The van der Waals surface area contributed by atoms with E-state index in [1.807, 2.05) is 6.08 Å². The highest BCUT2D eigenvalue weighted by molar-refractivity contribution is 14.0. The van der Waals surface area contributed by atoms with E-state index in [1.165, 1.54) is 5.01 Å². The largest absolute Gasteiger partial charge is 0.357 e. The van der Waals surface area contributed by atoms with Crippen molar-refractivity contribution in [3.8, 4) is 0 Å². The quantitative estimate of drug-likeness (QED) is 0.273. The molecule has 1 aliphatic heterocycles. The smallest absolute Gasteiger partial charge is 0.191 e. The second-order valence-electron chi connectivity index (χ2n) is 6.53. The van der Waals surface area contributed by atoms with Gasteiger partial charge in [0.05, 0.1) is 17.2 Å². The van der Waals surface area contributed by atoms with Crippen LogP contribution in [0.3, 0.4) is 0 Å². The van der Waals surface area contributed by atoms with Crippen LogP contribution < -0.4 is 10.6 Å². The van der Waals surface area contributed by atoms with Gasteiger partial charge in [-0.3, -0.25) is 4.90 Å². The first-order valence-corrected chi connectivity index (χ1v) is 9.82. The summed E-state index contributed by atoms with van der Waals surface area (Å²) in [6.07, 6.45) is 4.28. The molecule has 0 saturated carbocycles. The summed E-state index contributed by atoms with van der Waals surface area (Å²) in [4.78, 5) is 11.8. The van der Waals surface area contributed by atoms with Gasteiger partial charge in [-0.05, 0) is 19.8 Å². The van der Waals surface area contributed by atoms with Crippen molar-refractivity contribution >= 4 is 41.3 Å². The first-order chi connectivity index (χ1) is 11.6. The number of thiazole rings is 1. The molecule has 25 heavy (non-hydrogen) atoms. The third-order valence-electron chi connectivity index (χ3n) is 4.12. The summed E-state index contributed by atoms with van der Waals surface area (Å²) in [5, 5.41) is 10.2. The molecule has 0 amide bonds. The van der Waals surface area contributed by atoms with E-state index >= 15 is 0 Å². The Morgan fingerprint density at radius 1 is 1.48 bits per heavy atom. The molecule has 0 aliphatic carbocycles. The Balaban J connectivity index is 0.00000312. The van der Waals surface area contributed by atoms with Crippen LogP contribution in [0.5, 0.6) is 0 Å². The monoisotopic (exact) mass is 477 g/mol. The highest BCUT2D eigenvalue weighted by Crippen LogP contribution is 2.19. The number of hydrogen-bond acceptors (Lipinski definition) is 4. The summed E-state index contributed by atoms with van der Waals surface area (Å²) in [6.45, 7) is 15.0. The first-order valence-electron chi connectivity index (χ1n) is 8.94. The normalized spacial score (nSPS) is 16.6. The predicted octanol–water partition coefficient (Wildman–Crippen LogP) is 3.59. The van der Waals surface area contributed by atoms with E-state index in [-0.39, 0.29) is 24.0 Å². The highest BCUT2D eigenvalue weighted by Gasteiger charge is 2.19. The molecule has 1 aliphatic rings. The number of nitrogens with one attached hydrogen (secondary N) is 2. The van der Waals surface area contributed by atoms with Crippen LogP contribution in [-0.2, 0) is 6.54 Å². The fraction of sp³-hybridized carbons (Fsp3) is 0.667. The zero-order valence-electron chi connectivity index (χ0n) is 15.6. The van der Waals surface area contributed by atoms with Crippen LogP contribution in [0.4, 0.5) is 0 Å². The average molecular weight is 477 g/mol. The first kappa shape index (κ1) is 22.4. The Hall–Kier alpha value is -0.670. The molecule has 0 radical (unpaired) electrons. The Kier molecular flexibility index (Phi) is 10.6. The summed E-state index contributed by atoms with van der Waals surface area (Å²) in [6, 6.07) is 0.491. The summed E-state index contributed by atoms with van der Waals surface area (Å²) >= 11 is 1.73. The maximum absolute atomic E-state index is 4.71. The van der Waals surface area contributed by atoms with Crippen molar-refractivity contribution in [2.45, 2.75) is 52.1 Å². The molecule has 1 saturated heterocycles. The summed E-state index contributed by atoms with van der Waals surface area (Å²) in [5.74, 6) is 1.39. The topological polar surface area (TPSA) is 52.5 Å². The number of rotatable bonds is 7. The van der Waals surface area contributed by atoms with Gasteiger partial charge >= 0.3 is 0 Å². The van der Waals surface area contributed by atoms with Crippen molar-refractivity contribution in [3.05, 3.63) is 28.7 Å². The van der Waals surface area contributed by atoms with E-state index in [9.17, 15) is 0 Å². The summed E-state index contributed by atoms with van der Waals surface area (Å²) < 4.78 is 0. The number of likely N-dealkylation sites (tertiary alicyclic amines) is 1. The second-order valence-corrected chi connectivity index (χ2v) is 7.42. The molecule has 0 atom stereocenters. The number of guanidine groups is 1. The molecule has 1 aromatic heterocycles. The van der Waals surface area contributed by atoms with Gasteiger partial charge in [0, 0.05) is 43.5 Å². The minimum Gasteiger partial charge on any atom is -0.357 e.